The van der Waals surface area contributed by atoms with Crippen LogP contribution >= 0.6 is 0 Å². The average Bonchev–Trinajstić information content (AvgIpc) is 2.83. The van der Waals surface area contributed by atoms with Crippen LogP contribution in [0.2, 0.25) is 0 Å². The highest BCUT2D eigenvalue weighted by Crippen LogP contribution is 2.12. The van der Waals surface area contributed by atoms with Crippen molar-refractivity contribution in [2.75, 3.05) is 0 Å². The van der Waals surface area contributed by atoms with E-state index in [1.807, 2.05) is 0 Å². The second kappa shape index (κ2) is 6.83. The number of aromatic nitrogens is 2. The molecule has 2 rings (SSSR count). The summed E-state index contributed by atoms with van der Waals surface area (Å²) in [5, 5.41) is 11.2. The van der Waals surface area contributed by atoms with Gasteiger partial charge in [-0.3, -0.25) is 9.59 Å². The lowest BCUT2D eigenvalue weighted by Crippen LogP contribution is -2.23. The molecule has 2 aromatic rings. The number of aromatic amines is 1. The summed E-state index contributed by atoms with van der Waals surface area (Å²) in [6, 6.07) is 4.24. The second-order valence-electron chi connectivity index (χ2n) is 4.72. The fourth-order valence-electron chi connectivity index (χ4n) is 1.95. The van der Waals surface area contributed by atoms with Gasteiger partial charge in [0.1, 0.15) is 11.6 Å². The average molecular weight is 293 g/mol. The van der Waals surface area contributed by atoms with Crippen molar-refractivity contribution in [3.8, 4) is 0 Å². The third kappa shape index (κ3) is 4.55. The Kier molecular flexibility index (Phi) is 4.86. The SMILES string of the molecule is O=C(O)CCCCC(=O)NCc1nc2ccc(F)cc2[nH]1. The minimum Gasteiger partial charge on any atom is -0.481 e. The number of carbonyl (C=O) groups excluding carboxylic acids is 1. The number of carboxylic acid groups (broad SMARTS) is 1. The first-order valence-electron chi connectivity index (χ1n) is 6.67. The van der Waals surface area contributed by atoms with Gasteiger partial charge < -0.3 is 15.4 Å². The summed E-state index contributed by atoms with van der Waals surface area (Å²) in [7, 11) is 0. The summed E-state index contributed by atoms with van der Waals surface area (Å²) in [6.07, 6.45) is 1.36. The minimum absolute atomic E-state index is 0.0718. The smallest absolute Gasteiger partial charge is 0.303 e. The van der Waals surface area contributed by atoms with Crippen LogP contribution in [0, 0.1) is 5.82 Å². The largest absolute Gasteiger partial charge is 0.481 e. The van der Waals surface area contributed by atoms with Gasteiger partial charge in [0.15, 0.2) is 0 Å². The van der Waals surface area contributed by atoms with E-state index in [9.17, 15) is 14.0 Å². The first-order valence-corrected chi connectivity index (χ1v) is 6.67. The van der Waals surface area contributed by atoms with Crippen LogP contribution in [0.1, 0.15) is 31.5 Å². The van der Waals surface area contributed by atoms with Gasteiger partial charge in [-0.1, -0.05) is 0 Å². The number of H-pyrrole nitrogens is 1. The fourth-order valence-corrected chi connectivity index (χ4v) is 1.95. The molecular weight excluding hydrogens is 277 g/mol. The molecule has 6 nitrogen and oxygen atoms in total. The number of aliphatic carboxylic acids is 1. The molecule has 0 aliphatic carbocycles. The van der Waals surface area contributed by atoms with Crippen molar-refractivity contribution in [2.24, 2.45) is 0 Å². The van der Waals surface area contributed by atoms with Gasteiger partial charge in [-0.05, 0) is 31.0 Å². The Hall–Kier alpha value is -2.44. The van der Waals surface area contributed by atoms with Crippen LogP contribution < -0.4 is 5.32 Å². The maximum absolute atomic E-state index is 13.0. The highest BCUT2D eigenvalue weighted by atomic mass is 19.1. The molecule has 1 heterocycles. The number of imidazole rings is 1. The number of nitrogens with one attached hydrogen (secondary N) is 2. The third-order valence-electron chi connectivity index (χ3n) is 2.99. The molecule has 0 atom stereocenters. The summed E-state index contributed by atoms with van der Waals surface area (Å²) in [5.74, 6) is -0.813. The Morgan fingerprint density at radius 1 is 1.29 bits per heavy atom. The summed E-state index contributed by atoms with van der Waals surface area (Å²) in [5.41, 5.74) is 1.22. The summed E-state index contributed by atoms with van der Waals surface area (Å²) in [4.78, 5) is 29.1. The number of fused-ring (bicyclic) bond motifs is 1. The summed E-state index contributed by atoms with van der Waals surface area (Å²) in [6.45, 7) is 0.230. The number of carbonyl (C=O) groups is 2. The Morgan fingerprint density at radius 2 is 2.05 bits per heavy atom. The predicted octanol–water partition coefficient (Wildman–Crippen LogP) is 1.96. The Balaban J connectivity index is 1.78. The fraction of sp³-hybridized carbons (Fsp3) is 0.357. The van der Waals surface area contributed by atoms with E-state index in [2.05, 4.69) is 15.3 Å². The van der Waals surface area contributed by atoms with E-state index < -0.39 is 5.97 Å². The molecular formula is C14H16FN3O3. The number of unbranched alkanes of at least 4 members (excludes halogenated alkanes) is 1. The standard InChI is InChI=1S/C14H16FN3O3/c15-9-5-6-10-11(7-9)18-12(17-10)8-16-13(19)3-1-2-4-14(20)21/h5-7H,1-4,8H2,(H,16,19)(H,17,18)(H,20,21). The number of benzene rings is 1. The molecule has 112 valence electrons. The van der Waals surface area contributed by atoms with Gasteiger partial charge >= 0.3 is 5.97 Å². The van der Waals surface area contributed by atoms with Crippen molar-refractivity contribution in [2.45, 2.75) is 32.2 Å². The van der Waals surface area contributed by atoms with Crippen molar-refractivity contribution < 1.29 is 19.1 Å². The Labute approximate surface area is 120 Å². The molecule has 1 aromatic heterocycles. The quantitative estimate of drug-likeness (QED) is 0.680. The number of halogens is 1. The van der Waals surface area contributed by atoms with Crippen LogP contribution in [0.4, 0.5) is 4.39 Å². The van der Waals surface area contributed by atoms with Crippen LogP contribution in [-0.4, -0.2) is 27.0 Å². The number of rotatable bonds is 7. The number of carboxylic acids is 1. The van der Waals surface area contributed by atoms with Crippen molar-refractivity contribution in [3.63, 3.8) is 0 Å². The number of nitrogens with zero attached hydrogens (tertiary/aromatic N) is 1. The zero-order chi connectivity index (χ0) is 15.2. The van der Waals surface area contributed by atoms with E-state index in [1.54, 1.807) is 6.07 Å². The molecule has 0 bridgehead atoms. The predicted molar refractivity (Wildman–Crippen MR) is 74.0 cm³/mol. The van der Waals surface area contributed by atoms with Crippen molar-refractivity contribution >= 4 is 22.9 Å². The molecule has 7 heteroatoms. The molecule has 0 saturated heterocycles. The van der Waals surface area contributed by atoms with Gasteiger partial charge in [-0.25, -0.2) is 9.37 Å². The molecule has 0 aliphatic heterocycles. The normalized spacial score (nSPS) is 10.7. The van der Waals surface area contributed by atoms with E-state index in [4.69, 9.17) is 5.11 Å². The zero-order valence-electron chi connectivity index (χ0n) is 11.4. The molecule has 0 saturated carbocycles. The molecule has 0 radical (unpaired) electrons. The van der Waals surface area contributed by atoms with E-state index >= 15 is 0 Å². The van der Waals surface area contributed by atoms with Crippen LogP contribution in [0.15, 0.2) is 18.2 Å². The van der Waals surface area contributed by atoms with Gasteiger partial charge in [0.2, 0.25) is 5.91 Å². The molecule has 3 N–H and O–H groups in total. The minimum atomic E-state index is -0.857. The lowest BCUT2D eigenvalue weighted by Gasteiger charge is -2.02. The second-order valence-corrected chi connectivity index (χ2v) is 4.72. The van der Waals surface area contributed by atoms with Crippen molar-refractivity contribution in [1.29, 1.82) is 0 Å². The highest BCUT2D eigenvalue weighted by Gasteiger charge is 2.06. The molecule has 0 fully saturated rings. The van der Waals surface area contributed by atoms with Crippen LogP contribution in [-0.2, 0) is 16.1 Å². The Morgan fingerprint density at radius 3 is 2.81 bits per heavy atom. The van der Waals surface area contributed by atoms with Gasteiger partial charge in [0.05, 0.1) is 17.6 Å². The third-order valence-corrected chi connectivity index (χ3v) is 2.99. The maximum atomic E-state index is 13.0. The lowest BCUT2D eigenvalue weighted by atomic mass is 10.2. The summed E-state index contributed by atoms with van der Waals surface area (Å²) < 4.78 is 13.0. The van der Waals surface area contributed by atoms with Gasteiger partial charge in [0, 0.05) is 12.8 Å². The zero-order valence-corrected chi connectivity index (χ0v) is 11.4. The van der Waals surface area contributed by atoms with Crippen LogP contribution in [0.25, 0.3) is 11.0 Å². The van der Waals surface area contributed by atoms with Crippen molar-refractivity contribution in [3.05, 3.63) is 29.8 Å². The summed E-state index contributed by atoms with van der Waals surface area (Å²) >= 11 is 0. The highest BCUT2D eigenvalue weighted by molar-refractivity contribution is 5.77. The van der Waals surface area contributed by atoms with Crippen LogP contribution in [0.5, 0.6) is 0 Å². The molecule has 0 unspecified atom stereocenters. The molecule has 21 heavy (non-hydrogen) atoms. The maximum Gasteiger partial charge on any atom is 0.303 e. The van der Waals surface area contributed by atoms with E-state index in [0.717, 1.165) is 0 Å². The number of hydrogen-bond donors (Lipinski definition) is 3. The molecule has 0 aliphatic rings. The molecule has 1 aromatic carbocycles. The lowest BCUT2D eigenvalue weighted by molar-refractivity contribution is -0.137. The van der Waals surface area contributed by atoms with E-state index in [-0.39, 0.29) is 31.1 Å². The monoisotopic (exact) mass is 293 g/mol. The molecule has 0 spiro atoms. The van der Waals surface area contributed by atoms with E-state index in [1.165, 1.54) is 12.1 Å². The van der Waals surface area contributed by atoms with E-state index in [0.29, 0.717) is 29.7 Å². The van der Waals surface area contributed by atoms with Gasteiger partial charge in [-0.2, -0.15) is 0 Å². The topological polar surface area (TPSA) is 95.1 Å². The molecule has 1 amide bonds. The first kappa shape index (κ1) is 15.0. The van der Waals surface area contributed by atoms with Gasteiger partial charge in [0.25, 0.3) is 0 Å². The number of hydrogen-bond acceptors (Lipinski definition) is 3. The first-order chi connectivity index (χ1) is 10.0. The van der Waals surface area contributed by atoms with Crippen LogP contribution in [0.3, 0.4) is 0 Å². The van der Waals surface area contributed by atoms with Gasteiger partial charge in [-0.15, -0.1) is 0 Å². The Bertz CT molecular complexity index is 654. The number of amides is 1. The van der Waals surface area contributed by atoms with Crippen molar-refractivity contribution in [1.82, 2.24) is 15.3 Å².